The Labute approximate surface area is 265 Å². The molecule has 248 valence electrons. The first-order chi connectivity index (χ1) is 20.2. The van der Waals surface area contributed by atoms with Crippen molar-refractivity contribution in [1.82, 2.24) is 0 Å². The first-order valence-electron chi connectivity index (χ1n) is 18.7. The van der Waals surface area contributed by atoms with Crippen LogP contribution in [0.1, 0.15) is 201 Å². The van der Waals surface area contributed by atoms with Crippen molar-refractivity contribution in [1.29, 1.82) is 0 Å². The van der Waals surface area contributed by atoms with Crippen LogP contribution in [-0.4, -0.2) is 34.5 Å². The summed E-state index contributed by atoms with van der Waals surface area (Å²) in [5.74, 6) is 0.841. The number of unbranched alkanes of at least 4 members (excludes halogenated alkanes) is 27. The zero-order valence-electron chi connectivity index (χ0n) is 28.4. The summed E-state index contributed by atoms with van der Waals surface area (Å²) in [7, 11) is -2.42. The Morgan fingerprint density at radius 2 is 0.512 bits per heavy atom. The van der Waals surface area contributed by atoms with Crippen LogP contribution in [-0.2, 0) is 13.3 Å². The van der Waals surface area contributed by atoms with Gasteiger partial charge in [-0.25, -0.2) is 0 Å². The molecule has 0 rings (SSSR count). The predicted molar refractivity (Wildman–Crippen MR) is 185 cm³/mol. The number of halogens is 1. The molecule has 0 atom stereocenters. The zero-order chi connectivity index (χ0) is 30.0. The lowest BCUT2D eigenvalue weighted by Crippen LogP contribution is -2.45. The molecule has 0 heterocycles. The monoisotopic (exact) mass is 619 g/mol. The average molecular weight is 620 g/mol. The van der Waals surface area contributed by atoms with E-state index in [0.717, 1.165) is 11.9 Å². The van der Waals surface area contributed by atoms with Crippen molar-refractivity contribution in [2.24, 2.45) is 0 Å². The zero-order valence-corrected chi connectivity index (χ0v) is 30.2. The van der Waals surface area contributed by atoms with Crippen molar-refractivity contribution in [3.63, 3.8) is 0 Å². The molecule has 0 radical (unpaired) electrons. The van der Waals surface area contributed by atoms with Gasteiger partial charge in [-0.05, 0) is 33.6 Å². The highest BCUT2D eigenvalue weighted by Crippen LogP contribution is 2.21. The van der Waals surface area contributed by atoms with Crippen molar-refractivity contribution >= 4 is 20.4 Å². The smallest absolute Gasteiger partial charge is 0.374 e. The van der Waals surface area contributed by atoms with Gasteiger partial charge in [0.15, 0.2) is 0 Å². The molecular formula is C36H75ClO3Si. The van der Waals surface area contributed by atoms with E-state index in [1.807, 2.05) is 20.8 Å². The molecule has 0 saturated heterocycles. The van der Waals surface area contributed by atoms with E-state index in [1.165, 1.54) is 180 Å². The minimum Gasteiger partial charge on any atom is -0.374 e. The molecule has 0 fully saturated rings. The fourth-order valence-corrected chi connectivity index (χ4v) is 8.91. The Bertz CT molecular complexity index is 463. The Morgan fingerprint density at radius 1 is 0.317 bits per heavy atom. The van der Waals surface area contributed by atoms with Gasteiger partial charge in [0.25, 0.3) is 0 Å². The molecule has 0 unspecified atom stereocenters. The maximum Gasteiger partial charge on any atom is 0.500 e. The summed E-state index contributed by atoms with van der Waals surface area (Å²) < 4.78 is 17.9. The predicted octanol–water partition coefficient (Wildman–Crippen LogP) is 13.2. The minimum atomic E-state index is -2.42. The highest BCUT2D eigenvalue weighted by Gasteiger charge is 2.39. The third-order valence-electron chi connectivity index (χ3n) is 8.46. The summed E-state index contributed by atoms with van der Waals surface area (Å²) in [5, 5.41) is 0. The third kappa shape index (κ3) is 30.2. The lowest BCUT2D eigenvalue weighted by Gasteiger charge is -2.28. The standard InChI is InChI=1S/C36H75ClO3Si/c1-4-38-41(39-5-2,40-6-3)36-34-32-30-28-26-24-22-20-18-16-14-12-10-8-7-9-11-13-15-17-19-21-23-25-27-29-31-33-35-37/h4-36H2,1-3H3. The van der Waals surface area contributed by atoms with E-state index in [9.17, 15) is 0 Å². The van der Waals surface area contributed by atoms with Crippen LogP contribution in [0.3, 0.4) is 0 Å². The molecule has 0 amide bonds. The van der Waals surface area contributed by atoms with Crippen LogP contribution in [0.5, 0.6) is 0 Å². The van der Waals surface area contributed by atoms with Crippen LogP contribution < -0.4 is 0 Å². The largest absolute Gasteiger partial charge is 0.500 e. The lowest BCUT2D eigenvalue weighted by atomic mass is 10.0. The Kier molecular flexibility index (Phi) is 35.2. The third-order valence-corrected chi connectivity index (χ3v) is 11.9. The molecule has 0 aliphatic heterocycles. The normalized spacial score (nSPS) is 12.0. The molecule has 0 N–H and O–H groups in total. The van der Waals surface area contributed by atoms with E-state index in [-0.39, 0.29) is 0 Å². The first-order valence-corrected chi connectivity index (χ1v) is 21.2. The van der Waals surface area contributed by atoms with Crippen molar-refractivity contribution in [2.45, 2.75) is 207 Å². The van der Waals surface area contributed by atoms with E-state index in [4.69, 9.17) is 24.9 Å². The molecule has 0 aromatic heterocycles. The van der Waals surface area contributed by atoms with E-state index in [2.05, 4.69) is 0 Å². The summed E-state index contributed by atoms with van der Waals surface area (Å²) >= 11 is 5.73. The molecule has 0 bridgehead atoms. The van der Waals surface area contributed by atoms with Crippen molar-refractivity contribution in [3.8, 4) is 0 Å². The van der Waals surface area contributed by atoms with Gasteiger partial charge in [0.1, 0.15) is 0 Å². The minimum absolute atomic E-state index is 0.684. The van der Waals surface area contributed by atoms with Crippen molar-refractivity contribution in [3.05, 3.63) is 0 Å². The Balaban J connectivity index is 3.25. The molecule has 0 aliphatic rings. The number of hydrogen-bond acceptors (Lipinski definition) is 3. The van der Waals surface area contributed by atoms with Gasteiger partial charge in [-0.3, -0.25) is 0 Å². The van der Waals surface area contributed by atoms with Crippen molar-refractivity contribution in [2.75, 3.05) is 25.7 Å². The van der Waals surface area contributed by atoms with E-state index >= 15 is 0 Å². The molecule has 0 aromatic carbocycles. The molecular weight excluding hydrogens is 544 g/mol. The molecule has 0 spiro atoms. The molecule has 0 aromatic rings. The Morgan fingerprint density at radius 3 is 0.707 bits per heavy atom. The number of alkyl halides is 1. The Hall–Kier alpha value is 0.387. The second-order valence-electron chi connectivity index (χ2n) is 12.3. The first kappa shape index (κ1) is 41.4. The maximum atomic E-state index is 5.97. The fraction of sp³-hybridized carbons (Fsp3) is 1.00. The van der Waals surface area contributed by atoms with Crippen molar-refractivity contribution < 1.29 is 13.3 Å². The van der Waals surface area contributed by atoms with Gasteiger partial charge < -0.3 is 13.3 Å². The van der Waals surface area contributed by atoms with E-state index in [1.54, 1.807) is 0 Å². The highest BCUT2D eigenvalue weighted by molar-refractivity contribution is 6.60. The van der Waals surface area contributed by atoms with E-state index in [0.29, 0.717) is 19.8 Å². The van der Waals surface area contributed by atoms with E-state index < -0.39 is 8.80 Å². The van der Waals surface area contributed by atoms with Gasteiger partial charge in [0.05, 0.1) is 0 Å². The van der Waals surface area contributed by atoms with Crippen LogP contribution in [0.2, 0.25) is 6.04 Å². The van der Waals surface area contributed by atoms with Gasteiger partial charge in [-0.1, -0.05) is 167 Å². The summed E-state index contributed by atoms with van der Waals surface area (Å²) in [6.07, 6.45) is 39.6. The molecule has 5 heteroatoms. The topological polar surface area (TPSA) is 27.7 Å². The van der Waals surface area contributed by atoms with Gasteiger partial charge in [0.2, 0.25) is 0 Å². The summed E-state index contributed by atoms with van der Waals surface area (Å²) in [5.41, 5.74) is 0. The van der Waals surface area contributed by atoms with Crippen LogP contribution >= 0.6 is 11.6 Å². The molecule has 0 saturated carbocycles. The SMILES string of the molecule is CCO[Si](CCCCCCCCCCCCCCCCCCCCCCCCCCCCCCCl)(OCC)OCC. The highest BCUT2D eigenvalue weighted by atomic mass is 35.5. The van der Waals surface area contributed by atoms with Crippen LogP contribution in [0.15, 0.2) is 0 Å². The van der Waals surface area contributed by atoms with Crippen LogP contribution in [0.4, 0.5) is 0 Å². The van der Waals surface area contributed by atoms with Gasteiger partial charge in [0, 0.05) is 31.7 Å². The van der Waals surface area contributed by atoms with Gasteiger partial charge in [-0.15, -0.1) is 11.6 Å². The summed E-state index contributed by atoms with van der Waals surface area (Å²) in [6, 6.07) is 0.972. The maximum absolute atomic E-state index is 5.97. The second kappa shape index (κ2) is 34.9. The molecule has 0 aliphatic carbocycles. The van der Waals surface area contributed by atoms with Gasteiger partial charge >= 0.3 is 8.80 Å². The average Bonchev–Trinajstić information content (AvgIpc) is 2.97. The second-order valence-corrected chi connectivity index (χ2v) is 15.4. The number of rotatable bonds is 36. The fourth-order valence-electron chi connectivity index (χ4n) is 6.03. The van der Waals surface area contributed by atoms with Gasteiger partial charge in [-0.2, -0.15) is 0 Å². The van der Waals surface area contributed by atoms with Crippen LogP contribution in [0, 0.1) is 0 Å². The summed E-state index contributed by atoms with van der Waals surface area (Å²) in [6.45, 7) is 8.18. The number of hydrogen-bond donors (Lipinski definition) is 0. The molecule has 41 heavy (non-hydrogen) atoms. The quantitative estimate of drug-likeness (QED) is 0.0397. The summed E-state index contributed by atoms with van der Waals surface area (Å²) in [4.78, 5) is 0. The molecule has 3 nitrogen and oxygen atoms in total. The van der Waals surface area contributed by atoms with Crippen LogP contribution in [0.25, 0.3) is 0 Å². The lowest BCUT2D eigenvalue weighted by molar-refractivity contribution is 0.0706.